The Balaban J connectivity index is 1.68. The summed E-state index contributed by atoms with van der Waals surface area (Å²) in [4.78, 5) is 22.6. The lowest BCUT2D eigenvalue weighted by molar-refractivity contribution is 0.102. The van der Waals surface area contributed by atoms with Crippen LogP contribution >= 0.6 is 11.3 Å². The van der Waals surface area contributed by atoms with E-state index in [-0.39, 0.29) is 5.56 Å². The molecule has 2 aromatic heterocycles. The summed E-state index contributed by atoms with van der Waals surface area (Å²) in [5, 5.41) is 3.15. The van der Waals surface area contributed by atoms with Crippen LogP contribution in [0.5, 0.6) is 5.75 Å². The van der Waals surface area contributed by atoms with Crippen LogP contribution in [0, 0.1) is 5.95 Å². The van der Waals surface area contributed by atoms with Gasteiger partial charge in [0, 0.05) is 30.9 Å². The van der Waals surface area contributed by atoms with Gasteiger partial charge in [0.05, 0.1) is 30.7 Å². The van der Waals surface area contributed by atoms with Gasteiger partial charge >= 0.3 is 0 Å². The lowest BCUT2D eigenvalue weighted by atomic mass is 10.2. The molecule has 1 saturated heterocycles. The monoisotopic (exact) mass is 388 g/mol. The number of methoxy groups -OCH3 is 1. The third kappa shape index (κ3) is 3.56. The van der Waals surface area contributed by atoms with E-state index in [0.717, 1.165) is 29.5 Å². The van der Waals surface area contributed by atoms with E-state index in [1.165, 1.54) is 23.6 Å². The number of amides is 1. The van der Waals surface area contributed by atoms with Crippen molar-refractivity contribution in [3.63, 3.8) is 0 Å². The quantitative estimate of drug-likeness (QED) is 0.693. The van der Waals surface area contributed by atoms with E-state index in [1.54, 1.807) is 7.11 Å². The first-order valence-electron chi connectivity index (χ1n) is 8.39. The molecule has 1 aliphatic heterocycles. The number of benzene rings is 1. The number of carbonyl (C=O) groups excluding carboxylic acids is 1. The number of morpholine rings is 1. The zero-order valence-corrected chi connectivity index (χ0v) is 15.4. The third-order valence-electron chi connectivity index (χ3n) is 4.27. The molecule has 1 aliphatic rings. The summed E-state index contributed by atoms with van der Waals surface area (Å²) in [6, 6.07) is 6.40. The maximum atomic E-state index is 13.3. The Hall–Kier alpha value is -2.78. The lowest BCUT2D eigenvalue weighted by Crippen LogP contribution is -2.36. The van der Waals surface area contributed by atoms with Gasteiger partial charge in [-0.2, -0.15) is 4.39 Å². The second-order valence-electron chi connectivity index (χ2n) is 5.90. The number of nitrogens with zero attached hydrogens (tertiary/aromatic N) is 3. The zero-order chi connectivity index (χ0) is 18.8. The summed E-state index contributed by atoms with van der Waals surface area (Å²) < 4.78 is 25.0. The van der Waals surface area contributed by atoms with E-state index in [0.29, 0.717) is 29.6 Å². The minimum atomic E-state index is -0.705. The Morgan fingerprint density at radius 1 is 1.33 bits per heavy atom. The number of fused-ring (bicyclic) bond motifs is 1. The van der Waals surface area contributed by atoms with E-state index in [2.05, 4.69) is 20.2 Å². The largest absolute Gasteiger partial charge is 0.494 e. The van der Waals surface area contributed by atoms with Gasteiger partial charge in [-0.15, -0.1) is 0 Å². The van der Waals surface area contributed by atoms with E-state index in [9.17, 15) is 9.18 Å². The number of anilines is 2. The first-order chi connectivity index (χ1) is 13.2. The van der Waals surface area contributed by atoms with Gasteiger partial charge in [-0.3, -0.25) is 10.1 Å². The summed E-state index contributed by atoms with van der Waals surface area (Å²) in [6.45, 7) is 2.92. The molecule has 7 nitrogen and oxygen atoms in total. The number of hydrogen-bond donors (Lipinski definition) is 1. The molecule has 1 aromatic carbocycles. The molecular weight excluding hydrogens is 371 g/mol. The van der Waals surface area contributed by atoms with Crippen molar-refractivity contribution in [2.45, 2.75) is 0 Å². The minimum absolute atomic E-state index is 0.183. The topological polar surface area (TPSA) is 76.6 Å². The number of nitrogens with one attached hydrogen (secondary N) is 1. The Labute approximate surface area is 158 Å². The first kappa shape index (κ1) is 17.6. The van der Waals surface area contributed by atoms with Crippen molar-refractivity contribution >= 4 is 38.3 Å². The Kier molecular flexibility index (Phi) is 4.87. The Morgan fingerprint density at radius 3 is 2.89 bits per heavy atom. The number of aromatic nitrogens is 2. The van der Waals surface area contributed by atoms with Crippen LogP contribution in [0.15, 0.2) is 30.5 Å². The van der Waals surface area contributed by atoms with Crippen molar-refractivity contribution in [1.29, 1.82) is 0 Å². The molecule has 27 heavy (non-hydrogen) atoms. The van der Waals surface area contributed by atoms with Crippen LogP contribution in [-0.4, -0.2) is 49.3 Å². The number of pyridine rings is 1. The lowest BCUT2D eigenvalue weighted by Gasteiger charge is -2.29. The molecule has 9 heteroatoms. The molecule has 1 fully saturated rings. The highest BCUT2D eigenvalue weighted by atomic mass is 32.1. The SMILES string of the molecule is COc1ccc(N2CCOCC2)c2sc(NC(=O)c3ccnc(F)c3)nc12. The van der Waals surface area contributed by atoms with Gasteiger partial charge in [0.25, 0.3) is 5.91 Å². The number of ether oxygens (including phenoxy) is 2. The summed E-state index contributed by atoms with van der Waals surface area (Å²) >= 11 is 1.36. The van der Waals surface area contributed by atoms with Crippen molar-refractivity contribution in [1.82, 2.24) is 9.97 Å². The van der Waals surface area contributed by atoms with Crippen LogP contribution < -0.4 is 15.0 Å². The standard InChI is InChI=1S/C18H17FN4O3S/c1-25-13-3-2-12(23-6-8-26-9-7-23)16-15(13)21-18(27-16)22-17(24)11-4-5-20-14(19)10-11/h2-5,10H,6-9H2,1H3,(H,21,22,24). The number of rotatable bonds is 4. The van der Waals surface area contributed by atoms with Gasteiger partial charge in [-0.25, -0.2) is 9.97 Å². The molecule has 0 radical (unpaired) electrons. The number of hydrogen-bond acceptors (Lipinski definition) is 7. The third-order valence-corrected chi connectivity index (χ3v) is 5.26. The fraction of sp³-hybridized carbons (Fsp3) is 0.278. The fourth-order valence-electron chi connectivity index (χ4n) is 2.95. The van der Waals surface area contributed by atoms with E-state index in [1.807, 2.05) is 12.1 Å². The zero-order valence-electron chi connectivity index (χ0n) is 14.6. The molecule has 0 saturated carbocycles. The van der Waals surface area contributed by atoms with Gasteiger partial charge < -0.3 is 14.4 Å². The van der Waals surface area contributed by atoms with Crippen LogP contribution in [-0.2, 0) is 4.74 Å². The molecule has 1 amide bonds. The summed E-state index contributed by atoms with van der Waals surface area (Å²) in [5.41, 5.74) is 1.90. The molecule has 3 heterocycles. The van der Waals surface area contributed by atoms with Crippen LogP contribution in [0.4, 0.5) is 15.2 Å². The van der Waals surface area contributed by atoms with Crippen LogP contribution in [0.25, 0.3) is 10.2 Å². The molecule has 1 N–H and O–H groups in total. The maximum absolute atomic E-state index is 13.3. The molecule has 3 aromatic rings. The van der Waals surface area contributed by atoms with Crippen molar-refractivity contribution in [3.05, 3.63) is 42.0 Å². The van der Waals surface area contributed by atoms with Gasteiger partial charge in [0.15, 0.2) is 5.13 Å². The molecule has 0 atom stereocenters. The average Bonchev–Trinajstić information content (AvgIpc) is 3.11. The van der Waals surface area contributed by atoms with E-state index in [4.69, 9.17) is 9.47 Å². The Morgan fingerprint density at radius 2 is 2.15 bits per heavy atom. The maximum Gasteiger partial charge on any atom is 0.257 e. The summed E-state index contributed by atoms with van der Waals surface area (Å²) in [6.07, 6.45) is 1.25. The first-order valence-corrected chi connectivity index (χ1v) is 9.20. The molecule has 4 rings (SSSR count). The smallest absolute Gasteiger partial charge is 0.257 e. The highest BCUT2D eigenvalue weighted by Gasteiger charge is 2.20. The van der Waals surface area contributed by atoms with Crippen LogP contribution in [0.2, 0.25) is 0 Å². The van der Waals surface area contributed by atoms with Crippen LogP contribution in [0.1, 0.15) is 10.4 Å². The predicted octanol–water partition coefficient (Wildman–Crippen LogP) is 2.93. The molecule has 0 bridgehead atoms. The molecule has 0 spiro atoms. The molecular formula is C18H17FN4O3S. The molecule has 140 valence electrons. The molecule has 0 unspecified atom stereocenters. The average molecular weight is 388 g/mol. The minimum Gasteiger partial charge on any atom is -0.494 e. The van der Waals surface area contributed by atoms with Crippen molar-refractivity contribution in [2.75, 3.05) is 43.6 Å². The number of halogens is 1. The van der Waals surface area contributed by atoms with E-state index < -0.39 is 11.9 Å². The van der Waals surface area contributed by atoms with Crippen molar-refractivity contribution in [3.8, 4) is 5.75 Å². The van der Waals surface area contributed by atoms with Crippen LogP contribution in [0.3, 0.4) is 0 Å². The number of thiazole rings is 1. The fourth-order valence-corrected chi connectivity index (χ4v) is 3.97. The van der Waals surface area contributed by atoms with Gasteiger partial charge in [-0.1, -0.05) is 11.3 Å². The van der Waals surface area contributed by atoms with Crippen molar-refractivity contribution in [2.24, 2.45) is 0 Å². The predicted molar refractivity (Wildman–Crippen MR) is 101 cm³/mol. The summed E-state index contributed by atoms with van der Waals surface area (Å²) in [5.74, 6) is -0.515. The second kappa shape index (κ2) is 7.45. The second-order valence-corrected chi connectivity index (χ2v) is 6.90. The highest BCUT2D eigenvalue weighted by Crippen LogP contribution is 2.39. The van der Waals surface area contributed by atoms with Gasteiger partial charge in [0.2, 0.25) is 5.95 Å². The summed E-state index contributed by atoms with van der Waals surface area (Å²) in [7, 11) is 1.58. The highest BCUT2D eigenvalue weighted by molar-refractivity contribution is 7.23. The number of carbonyl (C=O) groups is 1. The van der Waals surface area contributed by atoms with E-state index >= 15 is 0 Å². The van der Waals surface area contributed by atoms with Gasteiger partial charge in [0.1, 0.15) is 11.3 Å². The normalized spacial score (nSPS) is 14.4. The Bertz CT molecular complexity index is 988. The molecule has 0 aliphatic carbocycles. The van der Waals surface area contributed by atoms with Crippen molar-refractivity contribution < 1.29 is 18.7 Å². The van der Waals surface area contributed by atoms with Gasteiger partial charge in [-0.05, 0) is 18.2 Å².